The molecule has 0 spiro atoms. The van der Waals surface area contributed by atoms with E-state index in [4.69, 9.17) is 0 Å². The van der Waals surface area contributed by atoms with Crippen molar-refractivity contribution in [1.82, 2.24) is 15.1 Å². The summed E-state index contributed by atoms with van der Waals surface area (Å²) in [5.74, 6) is -0.119. The molecule has 6 nitrogen and oxygen atoms in total. The molecule has 1 saturated carbocycles. The molecule has 1 amide bonds. The first kappa shape index (κ1) is 19.4. The van der Waals surface area contributed by atoms with Crippen LogP contribution in [0.4, 0.5) is 8.78 Å². The molecule has 2 N–H and O–H groups in total. The van der Waals surface area contributed by atoms with Crippen molar-refractivity contribution in [2.75, 3.05) is 6.54 Å². The number of carbonyl (C=O) groups is 1. The fourth-order valence-corrected chi connectivity index (χ4v) is 3.65. The normalized spacial score (nSPS) is 22.1. The van der Waals surface area contributed by atoms with Gasteiger partial charge in [-0.2, -0.15) is 5.10 Å². The predicted octanol–water partition coefficient (Wildman–Crippen LogP) is 2.17. The van der Waals surface area contributed by atoms with E-state index in [2.05, 4.69) is 10.4 Å². The Labute approximate surface area is 155 Å². The van der Waals surface area contributed by atoms with Crippen molar-refractivity contribution in [3.8, 4) is 0 Å². The Kier molecular flexibility index (Phi) is 5.28. The second-order valence-electron chi connectivity index (χ2n) is 7.44. The number of halogens is 2. The first-order valence-corrected chi connectivity index (χ1v) is 9.01. The molecule has 1 heterocycles. The summed E-state index contributed by atoms with van der Waals surface area (Å²) in [6, 6.07) is 3.88. The molecule has 0 bridgehead atoms. The van der Waals surface area contributed by atoms with Crippen LogP contribution < -0.4 is 10.9 Å². The molecule has 0 saturated heterocycles. The van der Waals surface area contributed by atoms with Crippen LogP contribution in [0.5, 0.6) is 0 Å². The number of carbonyl (C=O) groups excluding carboxylic acids is 1. The molecule has 1 fully saturated rings. The van der Waals surface area contributed by atoms with Gasteiger partial charge in [0.2, 0.25) is 5.91 Å². The van der Waals surface area contributed by atoms with Gasteiger partial charge in [-0.1, -0.05) is 13.0 Å². The average Bonchev–Trinajstić information content (AvgIpc) is 2.60. The van der Waals surface area contributed by atoms with Gasteiger partial charge in [0.1, 0.15) is 6.54 Å². The number of nitrogens with zero attached hydrogens (tertiary/aromatic N) is 2. The highest BCUT2D eigenvalue weighted by Gasteiger charge is 2.38. The number of aromatic nitrogens is 2. The van der Waals surface area contributed by atoms with Crippen LogP contribution in [-0.2, 0) is 17.8 Å². The van der Waals surface area contributed by atoms with E-state index in [1.165, 1.54) is 18.2 Å². The van der Waals surface area contributed by atoms with Crippen LogP contribution in [0.25, 0.3) is 10.8 Å². The lowest BCUT2D eigenvalue weighted by atomic mass is 9.72. The van der Waals surface area contributed by atoms with E-state index in [9.17, 15) is 23.5 Å². The zero-order chi connectivity index (χ0) is 19.8. The summed E-state index contributed by atoms with van der Waals surface area (Å²) < 4.78 is 27.0. The number of benzene rings is 1. The molecule has 0 radical (unpaired) electrons. The summed E-state index contributed by atoms with van der Waals surface area (Å²) >= 11 is 0. The van der Waals surface area contributed by atoms with Crippen molar-refractivity contribution in [1.29, 1.82) is 0 Å². The zero-order valence-electron chi connectivity index (χ0n) is 15.3. The monoisotopic (exact) mass is 379 g/mol. The molecular formula is C19H23F2N3O3. The molecule has 1 aliphatic rings. The van der Waals surface area contributed by atoms with Gasteiger partial charge in [-0.25, -0.2) is 13.5 Å². The summed E-state index contributed by atoms with van der Waals surface area (Å²) in [5.41, 5.74) is -0.802. The third-order valence-electron chi connectivity index (χ3n) is 4.99. The van der Waals surface area contributed by atoms with Crippen LogP contribution in [0.3, 0.4) is 0 Å². The van der Waals surface area contributed by atoms with Gasteiger partial charge in [0.15, 0.2) is 0 Å². The van der Waals surface area contributed by atoms with Crippen LogP contribution >= 0.6 is 0 Å². The second kappa shape index (κ2) is 7.34. The molecule has 1 aliphatic carbocycles. The van der Waals surface area contributed by atoms with Crippen molar-refractivity contribution >= 4 is 16.7 Å². The molecule has 1 aromatic carbocycles. The van der Waals surface area contributed by atoms with Crippen LogP contribution in [0.2, 0.25) is 0 Å². The average molecular weight is 379 g/mol. The van der Waals surface area contributed by atoms with Gasteiger partial charge < -0.3 is 10.4 Å². The van der Waals surface area contributed by atoms with E-state index in [0.717, 1.165) is 4.68 Å². The largest absolute Gasteiger partial charge is 0.390 e. The standard InChI is InChI=1S/C19H23F2N3O3/c1-3-15-14-6-12(17(20)21)4-5-13(14)18(26)24(23-15)10-16(25)22-9-11-7-19(2,27)8-11/h4-6,11,17,27H,3,7-10H2,1-2H3,(H,22,25). The van der Waals surface area contributed by atoms with Gasteiger partial charge in [0.05, 0.1) is 16.7 Å². The number of rotatable bonds is 6. The summed E-state index contributed by atoms with van der Waals surface area (Å²) in [6.07, 6.45) is -0.913. The van der Waals surface area contributed by atoms with E-state index in [1.54, 1.807) is 6.92 Å². The number of alkyl halides is 2. The Morgan fingerprint density at radius 3 is 2.70 bits per heavy atom. The fraction of sp³-hybridized carbons (Fsp3) is 0.526. The van der Waals surface area contributed by atoms with Crippen LogP contribution in [0.15, 0.2) is 23.0 Å². The van der Waals surface area contributed by atoms with Gasteiger partial charge in [-0.3, -0.25) is 9.59 Å². The Morgan fingerprint density at radius 2 is 2.11 bits per heavy atom. The number of amides is 1. The first-order chi connectivity index (χ1) is 12.7. The molecular weight excluding hydrogens is 356 g/mol. The maximum absolute atomic E-state index is 12.9. The topological polar surface area (TPSA) is 84.2 Å². The van der Waals surface area contributed by atoms with E-state index >= 15 is 0 Å². The van der Waals surface area contributed by atoms with Gasteiger partial charge in [-0.15, -0.1) is 0 Å². The highest BCUT2D eigenvalue weighted by Crippen LogP contribution is 2.36. The fourth-order valence-electron chi connectivity index (χ4n) is 3.65. The van der Waals surface area contributed by atoms with Crippen molar-refractivity contribution < 1.29 is 18.7 Å². The number of aliphatic hydroxyl groups is 1. The van der Waals surface area contributed by atoms with Crippen molar-refractivity contribution in [2.24, 2.45) is 5.92 Å². The van der Waals surface area contributed by atoms with Crippen LogP contribution in [-0.4, -0.2) is 32.9 Å². The summed E-state index contributed by atoms with van der Waals surface area (Å²) in [4.78, 5) is 24.8. The van der Waals surface area contributed by atoms with E-state index in [0.29, 0.717) is 36.9 Å². The molecule has 0 unspecified atom stereocenters. The third-order valence-corrected chi connectivity index (χ3v) is 4.99. The minimum absolute atomic E-state index is 0.162. The van der Waals surface area contributed by atoms with Gasteiger partial charge in [0.25, 0.3) is 12.0 Å². The summed E-state index contributed by atoms with van der Waals surface area (Å²) in [6.45, 7) is 3.78. The lowest BCUT2D eigenvalue weighted by Gasteiger charge is -2.40. The Hall–Kier alpha value is -2.35. The minimum atomic E-state index is -2.63. The number of hydrogen-bond acceptors (Lipinski definition) is 4. The first-order valence-electron chi connectivity index (χ1n) is 9.01. The smallest absolute Gasteiger partial charge is 0.275 e. The number of hydrogen-bond donors (Lipinski definition) is 2. The zero-order valence-corrected chi connectivity index (χ0v) is 15.3. The second-order valence-corrected chi connectivity index (χ2v) is 7.44. The maximum atomic E-state index is 12.9. The molecule has 146 valence electrons. The van der Waals surface area contributed by atoms with Gasteiger partial charge in [0, 0.05) is 17.5 Å². The predicted molar refractivity (Wildman–Crippen MR) is 96.7 cm³/mol. The van der Waals surface area contributed by atoms with Gasteiger partial charge in [-0.05, 0) is 44.2 Å². The molecule has 0 atom stereocenters. The van der Waals surface area contributed by atoms with E-state index < -0.39 is 17.6 Å². The van der Waals surface area contributed by atoms with Gasteiger partial charge >= 0.3 is 0 Å². The number of fused-ring (bicyclic) bond motifs is 1. The molecule has 0 aliphatic heterocycles. The molecule has 8 heteroatoms. The highest BCUT2D eigenvalue weighted by molar-refractivity contribution is 5.85. The molecule has 2 aromatic rings. The Balaban J connectivity index is 1.78. The van der Waals surface area contributed by atoms with Crippen molar-refractivity contribution in [2.45, 2.75) is 51.7 Å². The molecule has 1 aromatic heterocycles. The lowest BCUT2D eigenvalue weighted by molar-refractivity contribution is -0.123. The molecule has 3 rings (SSSR count). The van der Waals surface area contributed by atoms with Crippen molar-refractivity contribution in [3.05, 3.63) is 39.8 Å². The Bertz CT molecular complexity index is 916. The molecule has 27 heavy (non-hydrogen) atoms. The SMILES string of the molecule is CCc1nn(CC(=O)NCC2CC(C)(O)C2)c(=O)c2ccc(C(F)F)cc12. The van der Waals surface area contributed by atoms with Crippen LogP contribution in [0, 0.1) is 5.92 Å². The van der Waals surface area contributed by atoms with Crippen LogP contribution in [0.1, 0.15) is 44.4 Å². The van der Waals surface area contributed by atoms with E-state index in [-0.39, 0.29) is 29.3 Å². The quantitative estimate of drug-likeness (QED) is 0.806. The third kappa shape index (κ3) is 4.16. The minimum Gasteiger partial charge on any atom is -0.390 e. The number of nitrogens with one attached hydrogen (secondary N) is 1. The number of aryl methyl sites for hydroxylation is 1. The van der Waals surface area contributed by atoms with Crippen molar-refractivity contribution in [3.63, 3.8) is 0 Å². The summed E-state index contributed by atoms with van der Waals surface area (Å²) in [7, 11) is 0. The maximum Gasteiger partial charge on any atom is 0.275 e. The van der Waals surface area contributed by atoms with E-state index in [1.807, 2.05) is 6.92 Å². The lowest BCUT2D eigenvalue weighted by Crippen LogP contribution is -2.46. The summed E-state index contributed by atoms with van der Waals surface area (Å²) in [5, 5.41) is 17.3. The highest BCUT2D eigenvalue weighted by atomic mass is 19.3. The Morgan fingerprint density at radius 1 is 1.41 bits per heavy atom.